The van der Waals surface area contributed by atoms with Crippen LogP contribution in [0, 0.1) is 17.8 Å². The lowest BCUT2D eigenvalue weighted by atomic mass is 9.75. The second-order valence-electron chi connectivity index (χ2n) is 9.55. The van der Waals surface area contributed by atoms with Crippen LogP contribution in [-0.2, 0) is 11.3 Å². The van der Waals surface area contributed by atoms with Gasteiger partial charge in [0, 0.05) is 44.3 Å². The van der Waals surface area contributed by atoms with E-state index in [1.807, 2.05) is 12.1 Å². The maximum atomic E-state index is 10.6. The van der Waals surface area contributed by atoms with Gasteiger partial charge in [-0.2, -0.15) is 0 Å². The summed E-state index contributed by atoms with van der Waals surface area (Å²) >= 11 is 5.97. The third-order valence-electron chi connectivity index (χ3n) is 6.72. The number of benzene rings is 1. The first-order chi connectivity index (χ1) is 13.9. The maximum absolute atomic E-state index is 10.6. The Morgan fingerprint density at radius 1 is 1.07 bits per heavy atom. The van der Waals surface area contributed by atoms with Crippen LogP contribution in [0.5, 0.6) is 0 Å². The van der Waals surface area contributed by atoms with Gasteiger partial charge in [-0.15, -0.1) is 0 Å². The van der Waals surface area contributed by atoms with Crippen LogP contribution in [0.25, 0.3) is 0 Å². The van der Waals surface area contributed by atoms with Crippen LogP contribution < -0.4 is 0 Å². The number of halogens is 1. The molecule has 0 radical (unpaired) electrons. The Bertz CT molecular complexity index is 601. The van der Waals surface area contributed by atoms with Gasteiger partial charge in [-0.3, -0.25) is 9.80 Å². The molecule has 4 nitrogen and oxygen atoms in total. The molecule has 0 bridgehead atoms. The lowest BCUT2D eigenvalue weighted by Gasteiger charge is -2.38. The molecule has 3 rings (SSSR count). The fraction of sp³-hybridized carbons (Fsp3) is 0.750. The van der Waals surface area contributed by atoms with E-state index in [9.17, 15) is 5.11 Å². The number of hydrogen-bond acceptors (Lipinski definition) is 4. The van der Waals surface area contributed by atoms with E-state index in [0.29, 0.717) is 31.1 Å². The smallest absolute Gasteiger partial charge is 0.0900 e. The van der Waals surface area contributed by atoms with Crippen LogP contribution in [0.15, 0.2) is 24.3 Å². The molecule has 2 aliphatic rings. The Kier molecular flexibility index (Phi) is 8.82. The number of aliphatic hydroxyl groups excluding tert-OH is 1. The summed E-state index contributed by atoms with van der Waals surface area (Å²) in [6.45, 7) is 13.1. The molecule has 2 fully saturated rings. The lowest BCUT2D eigenvalue weighted by Crippen LogP contribution is -2.49. The zero-order valence-corrected chi connectivity index (χ0v) is 19.2. The van der Waals surface area contributed by atoms with Gasteiger partial charge in [0.25, 0.3) is 0 Å². The van der Waals surface area contributed by atoms with E-state index in [0.717, 1.165) is 50.1 Å². The number of β-amino-alcohol motifs (C(OH)–C–C–N with tert-alkyl or cyclic N) is 1. The fourth-order valence-electron chi connectivity index (χ4n) is 4.87. The van der Waals surface area contributed by atoms with Gasteiger partial charge < -0.3 is 9.84 Å². The molecule has 164 valence electrons. The highest BCUT2D eigenvalue weighted by Gasteiger charge is 2.32. The van der Waals surface area contributed by atoms with E-state index in [2.05, 4.69) is 42.7 Å². The van der Waals surface area contributed by atoms with Crippen molar-refractivity contribution in [1.82, 2.24) is 9.80 Å². The maximum Gasteiger partial charge on any atom is 0.0900 e. The second kappa shape index (κ2) is 11.1. The molecule has 1 N–H and O–H groups in total. The van der Waals surface area contributed by atoms with Gasteiger partial charge in [-0.25, -0.2) is 0 Å². The molecule has 29 heavy (non-hydrogen) atoms. The van der Waals surface area contributed by atoms with E-state index in [1.54, 1.807) is 0 Å². The SMILES string of the molecule is CC(C)[C@H]1CC[C@@H](C)C[C@H]1OC[C@H](O)CN1CCN(Cc2ccc(Cl)cc2)CC1. The molecule has 5 heteroatoms. The molecule has 1 heterocycles. The summed E-state index contributed by atoms with van der Waals surface area (Å²) < 4.78 is 6.24. The number of nitrogens with zero attached hydrogens (tertiary/aromatic N) is 2. The zero-order valence-electron chi connectivity index (χ0n) is 18.4. The molecule has 0 spiro atoms. The van der Waals surface area contributed by atoms with Gasteiger partial charge in [0.1, 0.15) is 0 Å². The van der Waals surface area contributed by atoms with E-state index in [1.165, 1.54) is 18.4 Å². The van der Waals surface area contributed by atoms with Gasteiger partial charge in [0.05, 0.1) is 18.8 Å². The Hall–Kier alpha value is -0.650. The Labute approximate surface area is 182 Å². The first-order valence-corrected chi connectivity index (χ1v) is 11.8. The predicted molar refractivity (Wildman–Crippen MR) is 120 cm³/mol. The largest absolute Gasteiger partial charge is 0.389 e. The Morgan fingerprint density at radius 2 is 1.72 bits per heavy atom. The van der Waals surface area contributed by atoms with Crippen molar-refractivity contribution in [1.29, 1.82) is 0 Å². The van der Waals surface area contributed by atoms with Crippen LogP contribution in [0.2, 0.25) is 5.02 Å². The van der Waals surface area contributed by atoms with E-state index in [4.69, 9.17) is 16.3 Å². The number of piperazine rings is 1. The summed E-state index contributed by atoms with van der Waals surface area (Å²) in [5.41, 5.74) is 1.30. The van der Waals surface area contributed by atoms with Crippen molar-refractivity contribution in [3.63, 3.8) is 0 Å². The summed E-state index contributed by atoms with van der Waals surface area (Å²) in [5.74, 6) is 2.02. The number of rotatable bonds is 8. The summed E-state index contributed by atoms with van der Waals surface area (Å²) in [7, 11) is 0. The van der Waals surface area contributed by atoms with Gasteiger partial charge in [-0.1, -0.05) is 50.9 Å². The quantitative estimate of drug-likeness (QED) is 0.677. The van der Waals surface area contributed by atoms with E-state index >= 15 is 0 Å². The monoisotopic (exact) mass is 422 g/mol. The summed E-state index contributed by atoms with van der Waals surface area (Å²) in [6.07, 6.45) is 3.62. The Morgan fingerprint density at radius 3 is 2.38 bits per heavy atom. The topological polar surface area (TPSA) is 35.9 Å². The minimum atomic E-state index is -0.400. The number of ether oxygens (including phenoxy) is 1. The van der Waals surface area contributed by atoms with Crippen molar-refractivity contribution >= 4 is 11.6 Å². The molecule has 1 aliphatic heterocycles. The molecule has 4 atom stereocenters. The first-order valence-electron chi connectivity index (χ1n) is 11.4. The minimum absolute atomic E-state index is 0.310. The van der Waals surface area contributed by atoms with Crippen molar-refractivity contribution in [2.45, 2.75) is 58.8 Å². The molecule has 0 unspecified atom stereocenters. The predicted octanol–water partition coefficient (Wildman–Crippen LogP) is 4.30. The van der Waals surface area contributed by atoms with Crippen molar-refractivity contribution < 1.29 is 9.84 Å². The average molecular weight is 423 g/mol. The zero-order chi connectivity index (χ0) is 20.8. The van der Waals surface area contributed by atoms with Crippen molar-refractivity contribution in [3.05, 3.63) is 34.9 Å². The van der Waals surface area contributed by atoms with Crippen molar-refractivity contribution in [2.75, 3.05) is 39.3 Å². The van der Waals surface area contributed by atoms with Crippen LogP contribution in [-0.4, -0.2) is 66.4 Å². The molecular formula is C24H39ClN2O2. The second-order valence-corrected chi connectivity index (χ2v) is 9.99. The lowest BCUT2D eigenvalue weighted by molar-refractivity contribution is -0.0755. The normalized spacial score (nSPS) is 28.0. The molecule has 0 aromatic heterocycles. The van der Waals surface area contributed by atoms with Crippen LogP contribution in [0.3, 0.4) is 0 Å². The highest BCUT2D eigenvalue weighted by molar-refractivity contribution is 6.30. The molecule has 0 amide bonds. The third kappa shape index (κ3) is 7.22. The highest BCUT2D eigenvalue weighted by Crippen LogP contribution is 2.35. The van der Waals surface area contributed by atoms with Gasteiger partial charge in [0.15, 0.2) is 0 Å². The molecule has 1 saturated heterocycles. The minimum Gasteiger partial charge on any atom is -0.389 e. The summed E-state index contributed by atoms with van der Waals surface area (Å²) in [4.78, 5) is 4.84. The average Bonchev–Trinajstić information content (AvgIpc) is 2.69. The Balaban J connectivity index is 1.37. The van der Waals surface area contributed by atoms with Gasteiger partial charge in [0.2, 0.25) is 0 Å². The number of hydrogen-bond donors (Lipinski definition) is 1. The molecule has 1 aliphatic carbocycles. The summed E-state index contributed by atoms with van der Waals surface area (Å²) in [5, 5.41) is 11.3. The van der Waals surface area contributed by atoms with Gasteiger partial charge >= 0.3 is 0 Å². The molecule has 1 aromatic rings. The van der Waals surface area contributed by atoms with Crippen LogP contribution in [0.4, 0.5) is 0 Å². The molecular weight excluding hydrogens is 384 g/mol. The highest BCUT2D eigenvalue weighted by atomic mass is 35.5. The number of aliphatic hydroxyl groups is 1. The van der Waals surface area contributed by atoms with E-state index in [-0.39, 0.29) is 0 Å². The summed E-state index contributed by atoms with van der Waals surface area (Å²) in [6, 6.07) is 8.12. The fourth-order valence-corrected chi connectivity index (χ4v) is 5.00. The van der Waals surface area contributed by atoms with Crippen LogP contribution >= 0.6 is 11.6 Å². The standard InChI is InChI=1S/C24H39ClN2O2/c1-18(2)23-9-4-19(3)14-24(23)29-17-22(28)16-27-12-10-26(11-13-27)15-20-5-7-21(25)8-6-20/h5-8,18-19,22-24,28H,4,9-17H2,1-3H3/t19-,22-,23-,24-/m1/s1. The van der Waals surface area contributed by atoms with Gasteiger partial charge in [-0.05, 0) is 48.3 Å². The van der Waals surface area contributed by atoms with E-state index < -0.39 is 6.10 Å². The molecule has 1 saturated carbocycles. The van der Waals surface area contributed by atoms with Crippen molar-refractivity contribution in [3.8, 4) is 0 Å². The van der Waals surface area contributed by atoms with Crippen LogP contribution in [0.1, 0.15) is 45.6 Å². The molecule has 1 aromatic carbocycles. The first kappa shape index (κ1) is 23.0. The van der Waals surface area contributed by atoms with Crippen molar-refractivity contribution in [2.24, 2.45) is 17.8 Å². The third-order valence-corrected chi connectivity index (χ3v) is 6.97.